The lowest BCUT2D eigenvalue weighted by Gasteiger charge is -2.16. The molecule has 0 saturated carbocycles. The van der Waals surface area contributed by atoms with Gasteiger partial charge in [0.25, 0.3) is 0 Å². The molecule has 2 heterocycles. The molecule has 0 spiro atoms. The minimum absolute atomic E-state index is 0.00469. The van der Waals surface area contributed by atoms with Crippen molar-refractivity contribution in [1.82, 2.24) is 15.1 Å². The molecule has 0 radical (unpaired) electrons. The van der Waals surface area contributed by atoms with Gasteiger partial charge in [-0.25, -0.2) is 4.39 Å². The Morgan fingerprint density at radius 3 is 2.62 bits per heavy atom. The van der Waals surface area contributed by atoms with Gasteiger partial charge in [-0.05, 0) is 36.6 Å². The van der Waals surface area contributed by atoms with Crippen molar-refractivity contribution < 1.29 is 14.0 Å². The smallest absolute Gasteiger partial charge is 0.231 e. The lowest BCUT2D eigenvalue weighted by atomic mass is 10.1. The highest BCUT2D eigenvalue weighted by molar-refractivity contribution is 8.00. The van der Waals surface area contributed by atoms with Crippen LogP contribution in [-0.4, -0.2) is 40.0 Å². The Morgan fingerprint density at radius 2 is 1.88 bits per heavy atom. The zero-order valence-electron chi connectivity index (χ0n) is 17.6. The predicted molar refractivity (Wildman–Crippen MR) is 124 cm³/mol. The van der Waals surface area contributed by atoms with Crippen molar-refractivity contribution >= 4 is 40.0 Å². The van der Waals surface area contributed by atoms with Crippen molar-refractivity contribution in [3.63, 3.8) is 0 Å². The second-order valence-electron chi connectivity index (χ2n) is 7.75. The van der Waals surface area contributed by atoms with E-state index >= 15 is 0 Å². The maximum Gasteiger partial charge on any atom is 0.231 e. The van der Waals surface area contributed by atoms with E-state index in [1.807, 2.05) is 6.92 Å². The summed E-state index contributed by atoms with van der Waals surface area (Å²) in [5.74, 6) is -0.221. The van der Waals surface area contributed by atoms with Crippen LogP contribution < -0.4 is 5.32 Å². The number of carbonyl (C=O) groups excluding carboxylic acids is 2. The second kappa shape index (κ2) is 10.2. The van der Waals surface area contributed by atoms with Crippen LogP contribution in [0.5, 0.6) is 0 Å². The minimum Gasteiger partial charge on any atom is -0.342 e. The zero-order valence-corrected chi connectivity index (χ0v) is 19.2. The van der Waals surface area contributed by atoms with Gasteiger partial charge in [0.2, 0.25) is 16.9 Å². The highest BCUT2D eigenvalue weighted by Gasteiger charge is 2.34. The van der Waals surface area contributed by atoms with Crippen LogP contribution >= 0.6 is 23.1 Å². The molecule has 1 aliphatic rings. The first-order valence-electron chi connectivity index (χ1n) is 10.3. The van der Waals surface area contributed by atoms with Gasteiger partial charge < -0.3 is 10.2 Å². The maximum absolute atomic E-state index is 13.0. The van der Waals surface area contributed by atoms with E-state index in [0.717, 1.165) is 12.0 Å². The molecule has 1 fully saturated rings. The molecule has 1 saturated heterocycles. The van der Waals surface area contributed by atoms with E-state index in [0.29, 0.717) is 28.3 Å². The Balaban J connectivity index is 1.25. The first-order valence-corrected chi connectivity index (χ1v) is 12.1. The zero-order chi connectivity index (χ0) is 22.5. The Hall–Kier alpha value is -2.78. The topological polar surface area (TPSA) is 75.2 Å². The lowest BCUT2D eigenvalue weighted by molar-refractivity contribution is -0.128. The van der Waals surface area contributed by atoms with Crippen molar-refractivity contribution in [3.05, 3.63) is 71.0 Å². The van der Waals surface area contributed by atoms with Gasteiger partial charge in [-0.3, -0.25) is 9.59 Å². The molecule has 2 amide bonds. The summed E-state index contributed by atoms with van der Waals surface area (Å²) in [6.45, 7) is 3.07. The Morgan fingerprint density at radius 1 is 1.16 bits per heavy atom. The number of halogens is 1. The molecule has 1 unspecified atom stereocenters. The van der Waals surface area contributed by atoms with Gasteiger partial charge in [0.1, 0.15) is 5.82 Å². The van der Waals surface area contributed by atoms with Crippen molar-refractivity contribution in [2.45, 2.75) is 29.9 Å². The average Bonchev–Trinajstić information content (AvgIpc) is 3.39. The largest absolute Gasteiger partial charge is 0.342 e. The normalized spacial score (nSPS) is 15.9. The number of hydrogen-bond donors (Lipinski definition) is 1. The van der Waals surface area contributed by atoms with Gasteiger partial charge in [0, 0.05) is 25.3 Å². The second-order valence-corrected chi connectivity index (χ2v) is 9.95. The molecule has 2 aromatic carbocycles. The SMILES string of the molecule is Cc1ccc(CCN2CC(C(=O)Nc3nnc(SCc4ccc(F)cc4)s3)CC2=O)cc1. The van der Waals surface area contributed by atoms with Crippen molar-refractivity contribution in [1.29, 1.82) is 0 Å². The van der Waals surface area contributed by atoms with Crippen LogP contribution in [-0.2, 0) is 21.8 Å². The summed E-state index contributed by atoms with van der Waals surface area (Å²) in [6, 6.07) is 14.6. The van der Waals surface area contributed by atoms with E-state index in [9.17, 15) is 14.0 Å². The molecule has 1 aliphatic heterocycles. The van der Waals surface area contributed by atoms with Crippen LogP contribution in [0.15, 0.2) is 52.9 Å². The Bertz CT molecular complexity index is 1090. The number of hydrogen-bond acceptors (Lipinski definition) is 6. The molecule has 1 atom stereocenters. The first kappa shape index (κ1) is 22.4. The van der Waals surface area contributed by atoms with Gasteiger partial charge in [0.15, 0.2) is 4.34 Å². The fourth-order valence-corrected chi connectivity index (χ4v) is 5.15. The molecular weight excluding hydrogens is 447 g/mol. The average molecular weight is 471 g/mol. The number of amides is 2. The number of likely N-dealkylation sites (tertiary alicyclic amines) is 1. The third kappa shape index (κ3) is 5.92. The molecule has 1 N–H and O–H groups in total. The van der Waals surface area contributed by atoms with Gasteiger partial charge in [-0.15, -0.1) is 10.2 Å². The van der Waals surface area contributed by atoms with E-state index in [1.165, 1.54) is 46.4 Å². The van der Waals surface area contributed by atoms with E-state index < -0.39 is 0 Å². The summed E-state index contributed by atoms with van der Waals surface area (Å²) in [4.78, 5) is 26.8. The number of nitrogens with zero attached hydrogens (tertiary/aromatic N) is 3. The number of aromatic nitrogens is 2. The van der Waals surface area contributed by atoms with E-state index in [-0.39, 0.29) is 30.0 Å². The summed E-state index contributed by atoms with van der Waals surface area (Å²) in [6.07, 6.45) is 0.982. The van der Waals surface area contributed by atoms with Crippen molar-refractivity contribution in [2.75, 3.05) is 18.4 Å². The molecule has 0 aliphatic carbocycles. The van der Waals surface area contributed by atoms with Gasteiger partial charge in [0.05, 0.1) is 5.92 Å². The standard InChI is InChI=1S/C23H23FN4O2S2/c1-15-2-4-16(5-3-15)10-11-28-13-18(12-20(28)29)21(30)25-22-26-27-23(32-22)31-14-17-6-8-19(24)9-7-17/h2-9,18H,10-14H2,1H3,(H,25,26,30). The maximum atomic E-state index is 13.0. The van der Waals surface area contributed by atoms with Crippen LogP contribution in [0.1, 0.15) is 23.1 Å². The van der Waals surface area contributed by atoms with Crippen LogP contribution in [0.3, 0.4) is 0 Å². The molecule has 4 rings (SSSR count). The summed E-state index contributed by atoms with van der Waals surface area (Å²) >= 11 is 2.76. The van der Waals surface area contributed by atoms with Crippen molar-refractivity contribution in [2.24, 2.45) is 5.92 Å². The molecule has 32 heavy (non-hydrogen) atoms. The van der Waals surface area contributed by atoms with Gasteiger partial charge in [-0.1, -0.05) is 65.1 Å². The van der Waals surface area contributed by atoms with Gasteiger partial charge in [-0.2, -0.15) is 0 Å². The first-order chi connectivity index (χ1) is 15.5. The Labute approximate surface area is 194 Å². The molecule has 9 heteroatoms. The third-order valence-corrected chi connectivity index (χ3v) is 7.33. The highest BCUT2D eigenvalue weighted by Crippen LogP contribution is 2.29. The third-order valence-electron chi connectivity index (χ3n) is 5.29. The summed E-state index contributed by atoms with van der Waals surface area (Å²) < 4.78 is 13.7. The van der Waals surface area contributed by atoms with E-state index in [2.05, 4.69) is 39.8 Å². The molecule has 166 valence electrons. The highest BCUT2D eigenvalue weighted by atomic mass is 32.2. The number of rotatable bonds is 8. The quantitative estimate of drug-likeness (QED) is 0.392. The monoisotopic (exact) mass is 470 g/mol. The molecule has 6 nitrogen and oxygen atoms in total. The summed E-state index contributed by atoms with van der Waals surface area (Å²) in [5, 5.41) is 11.3. The number of anilines is 1. The lowest BCUT2D eigenvalue weighted by Crippen LogP contribution is -2.30. The summed E-state index contributed by atoms with van der Waals surface area (Å²) in [5.41, 5.74) is 3.36. The van der Waals surface area contributed by atoms with E-state index in [1.54, 1.807) is 17.0 Å². The van der Waals surface area contributed by atoms with Crippen LogP contribution in [0.4, 0.5) is 9.52 Å². The number of nitrogens with one attached hydrogen (secondary N) is 1. The van der Waals surface area contributed by atoms with Gasteiger partial charge >= 0.3 is 0 Å². The van der Waals surface area contributed by atoms with Crippen molar-refractivity contribution in [3.8, 4) is 0 Å². The Kier molecular flexibility index (Phi) is 7.16. The van der Waals surface area contributed by atoms with E-state index in [4.69, 9.17) is 0 Å². The number of benzene rings is 2. The molecule has 1 aromatic heterocycles. The number of carbonyl (C=O) groups is 2. The number of aryl methyl sites for hydroxylation is 1. The molecule has 0 bridgehead atoms. The minimum atomic E-state index is -0.389. The van der Waals surface area contributed by atoms with Crippen LogP contribution in [0, 0.1) is 18.7 Å². The number of thioether (sulfide) groups is 1. The summed E-state index contributed by atoms with van der Waals surface area (Å²) in [7, 11) is 0. The predicted octanol–water partition coefficient (Wildman–Crippen LogP) is 4.31. The fourth-order valence-electron chi connectivity index (χ4n) is 3.43. The molecular formula is C23H23FN4O2S2. The molecule has 3 aromatic rings. The van der Waals surface area contributed by atoms with Crippen LogP contribution in [0.25, 0.3) is 0 Å². The fraction of sp³-hybridized carbons (Fsp3) is 0.304. The van der Waals surface area contributed by atoms with Crippen LogP contribution in [0.2, 0.25) is 0 Å².